The number of aliphatic hydroxyl groups excluding tert-OH is 1. The van der Waals surface area contributed by atoms with Crippen LogP contribution in [0, 0.1) is 13.8 Å². The summed E-state index contributed by atoms with van der Waals surface area (Å²) >= 11 is 0. The summed E-state index contributed by atoms with van der Waals surface area (Å²) in [5, 5.41) is 12.7. The van der Waals surface area contributed by atoms with Crippen LogP contribution in [0.5, 0.6) is 0 Å². The average Bonchev–Trinajstić information content (AvgIpc) is 2.53. The number of hydrogen-bond donors (Lipinski definition) is 2. The number of furan rings is 1. The van der Waals surface area contributed by atoms with Crippen LogP contribution in [-0.2, 0) is 0 Å². The predicted molar refractivity (Wildman–Crippen MR) is 60.9 cm³/mol. The zero-order chi connectivity index (χ0) is 11.4. The topological polar surface area (TPSA) is 45.4 Å². The Morgan fingerprint density at radius 2 is 2.13 bits per heavy atom. The number of rotatable bonds is 5. The lowest BCUT2D eigenvalue weighted by molar-refractivity contribution is 0.163. The van der Waals surface area contributed by atoms with E-state index in [1.807, 2.05) is 26.8 Å². The van der Waals surface area contributed by atoms with Crippen molar-refractivity contribution in [1.29, 1.82) is 0 Å². The summed E-state index contributed by atoms with van der Waals surface area (Å²) in [6.07, 6.45) is 0.518. The number of aliphatic hydroxyl groups is 1. The van der Waals surface area contributed by atoms with Gasteiger partial charge >= 0.3 is 0 Å². The summed E-state index contributed by atoms with van der Waals surface area (Å²) in [4.78, 5) is 0. The normalized spacial score (nSPS) is 15.3. The van der Waals surface area contributed by atoms with E-state index in [0.717, 1.165) is 17.9 Å². The van der Waals surface area contributed by atoms with Gasteiger partial charge in [0.15, 0.2) is 0 Å². The first-order valence-corrected chi connectivity index (χ1v) is 5.53. The lowest BCUT2D eigenvalue weighted by atomic mass is 10.1. The lowest BCUT2D eigenvalue weighted by Gasteiger charge is -2.15. The van der Waals surface area contributed by atoms with Crippen molar-refractivity contribution in [2.75, 3.05) is 6.54 Å². The molecule has 2 N–H and O–H groups in total. The Morgan fingerprint density at radius 3 is 2.60 bits per heavy atom. The Hall–Kier alpha value is -0.800. The van der Waals surface area contributed by atoms with Crippen LogP contribution in [0.25, 0.3) is 0 Å². The predicted octanol–water partition coefficient (Wildman–Crippen LogP) is 2.32. The van der Waals surface area contributed by atoms with Crippen molar-refractivity contribution in [3.8, 4) is 0 Å². The maximum absolute atomic E-state index is 9.44. The molecule has 3 nitrogen and oxygen atoms in total. The summed E-state index contributed by atoms with van der Waals surface area (Å²) < 4.78 is 5.47. The van der Waals surface area contributed by atoms with Gasteiger partial charge in [-0.25, -0.2) is 0 Å². The molecule has 3 heteroatoms. The summed E-state index contributed by atoms with van der Waals surface area (Å²) in [5.74, 6) is 1.89. The van der Waals surface area contributed by atoms with Gasteiger partial charge in [0.2, 0.25) is 0 Å². The molecule has 0 spiro atoms. The van der Waals surface area contributed by atoms with Crippen LogP contribution in [-0.4, -0.2) is 17.8 Å². The standard InChI is InChI=1S/C12H21NO2/c1-5-11(14)7-13-9(3)12-6-8(2)15-10(12)4/h6,9,11,13-14H,5,7H2,1-4H3. The molecule has 0 aliphatic heterocycles. The molecule has 2 unspecified atom stereocenters. The van der Waals surface area contributed by atoms with Gasteiger partial charge in [0.05, 0.1) is 6.10 Å². The van der Waals surface area contributed by atoms with E-state index in [-0.39, 0.29) is 12.1 Å². The fourth-order valence-corrected chi connectivity index (χ4v) is 1.65. The minimum absolute atomic E-state index is 0.226. The molecule has 15 heavy (non-hydrogen) atoms. The highest BCUT2D eigenvalue weighted by atomic mass is 16.3. The summed E-state index contributed by atoms with van der Waals surface area (Å²) in [5.41, 5.74) is 1.18. The molecule has 1 aromatic rings. The van der Waals surface area contributed by atoms with Crippen LogP contribution in [0.4, 0.5) is 0 Å². The molecule has 1 heterocycles. The molecule has 0 saturated carbocycles. The first-order valence-electron chi connectivity index (χ1n) is 5.53. The van der Waals surface area contributed by atoms with E-state index < -0.39 is 0 Å². The fraction of sp³-hybridized carbons (Fsp3) is 0.667. The molecule has 0 aromatic carbocycles. The van der Waals surface area contributed by atoms with E-state index in [2.05, 4.69) is 12.2 Å². The van der Waals surface area contributed by atoms with Gasteiger partial charge in [-0.3, -0.25) is 0 Å². The molecule has 0 fully saturated rings. The summed E-state index contributed by atoms with van der Waals surface area (Å²) in [6.45, 7) is 8.60. The van der Waals surface area contributed by atoms with Crippen LogP contribution in [0.2, 0.25) is 0 Å². The Kier molecular flexibility index (Phi) is 4.36. The Labute approximate surface area is 91.5 Å². The van der Waals surface area contributed by atoms with E-state index in [4.69, 9.17) is 4.42 Å². The molecule has 86 valence electrons. The Balaban J connectivity index is 2.53. The highest BCUT2D eigenvalue weighted by Gasteiger charge is 2.12. The van der Waals surface area contributed by atoms with Crippen LogP contribution >= 0.6 is 0 Å². The van der Waals surface area contributed by atoms with Crippen LogP contribution in [0.1, 0.15) is 43.4 Å². The van der Waals surface area contributed by atoms with Crippen molar-refractivity contribution in [2.24, 2.45) is 0 Å². The molecular weight excluding hydrogens is 190 g/mol. The van der Waals surface area contributed by atoms with E-state index in [0.29, 0.717) is 6.54 Å². The highest BCUT2D eigenvalue weighted by Crippen LogP contribution is 2.20. The molecule has 0 aliphatic carbocycles. The second-order valence-corrected chi connectivity index (χ2v) is 4.06. The second-order valence-electron chi connectivity index (χ2n) is 4.06. The molecule has 1 aromatic heterocycles. The maximum atomic E-state index is 9.44. The largest absolute Gasteiger partial charge is 0.466 e. The molecule has 0 aliphatic rings. The van der Waals surface area contributed by atoms with E-state index >= 15 is 0 Å². The van der Waals surface area contributed by atoms with Crippen molar-refractivity contribution < 1.29 is 9.52 Å². The first-order chi connectivity index (χ1) is 7.04. The average molecular weight is 211 g/mol. The Morgan fingerprint density at radius 1 is 1.47 bits per heavy atom. The monoisotopic (exact) mass is 211 g/mol. The van der Waals surface area contributed by atoms with Crippen molar-refractivity contribution in [3.05, 3.63) is 23.2 Å². The van der Waals surface area contributed by atoms with Gasteiger partial charge in [-0.1, -0.05) is 6.92 Å². The van der Waals surface area contributed by atoms with Crippen LogP contribution in [0.15, 0.2) is 10.5 Å². The van der Waals surface area contributed by atoms with Gasteiger partial charge in [0, 0.05) is 18.2 Å². The minimum atomic E-state index is -0.263. The summed E-state index contributed by atoms with van der Waals surface area (Å²) in [7, 11) is 0. The van der Waals surface area contributed by atoms with Crippen LogP contribution < -0.4 is 5.32 Å². The second kappa shape index (κ2) is 5.33. The third-order valence-corrected chi connectivity index (χ3v) is 2.68. The first kappa shape index (κ1) is 12.3. The van der Waals surface area contributed by atoms with E-state index in [1.54, 1.807) is 0 Å². The molecule has 2 atom stereocenters. The van der Waals surface area contributed by atoms with Gasteiger partial charge in [-0.2, -0.15) is 0 Å². The van der Waals surface area contributed by atoms with Crippen molar-refractivity contribution in [3.63, 3.8) is 0 Å². The Bertz CT molecular complexity index is 307. The maximum Gasteiger partial charge on any atom is 0.105 e. The third kappa shape index (κ3) is 3.36. The smallest absolute Gasteiger partial charge is 0.105 e. The summed E-state index contributed by atoms with van der Waals surface area (Å²) in [6, 6.07) is 2.27. The molecule has 0 radical (unpaired) electrons. The highest BCUT2D eigenvalue weighted by molar-refractivity contribution is 5.23. The van der Waals surface area contributed by atoms with Crippen molar-refractivity contribution >= 4 is 0 Å². The van der Waals surface area contributed by atoms with E-state index in [1.165, 1.54) is 5.56 Å². The van der Waals surface area contributed by atoms with Gasteiger partial charge < -0.3 is 14.8 Å². The van der Waals surface area contributed by atoms with Gasteiger partial charge in [0.1, 0.15) is 11.5 Å². The molecule has 1 rings (SSSR count). The van der Waals surface area contributed by atoms with Gasteiger partial charge in [-0.05, 0) is 33.3 Å². The van der Waals surface area contributed by atoms with Crippen LogP contribution in [0.3, 0.4) is 0 Å². The molecule has 0 saturated heterocycles. The van der Waals surface area contributed by atoms with Gasteiger partial charge in [0.25, 0.3) is 0 Å². The zero-order valence-corrected chi connectivity index (χ0v) is 10.0. The zero-order valence-electron chi connectivity index (χ0n) is 10.0. The SMILES string of the molecule is CCC(O)CNC(C)c1cc(C)oc1C. The number of nitrogens with one attached hydrogen (secondary N) is 1. The number of aryl methyl sites for hydroxylation is 2. The van der Waals surface area contributed by atoms with Crippen molar-refractivity contribution in [2.45, 2.75) is 46.3 Å². The quantitative estimate of drug-likeness (QED) is 0.785. The minimum Gasteiger partial charge on any atom is -0.466 e. The van der Waals surface area contributed by atoms with Crippen molar-refractivity contribution in [1.82, 2.24) is 5.32 Å². The third-order valence-electron chi connectivity index (χ3n) is 2.68. The molecular formula is C12H21NO2. The molecule has 0 amide bonds. The lowest BCUT2D eigenvalue weighted by Crippen LogP contribution is -2.28. The molecule has 0 bridgehead atoms. The van der Waals surface area contributed by atoms with E-state index in [9.17, 15) is 5.11 Å². The fourth-order valence-electron chi connectivity index (χ4n) is 1.65. The van der Waals surface area contributed by atoms with Gasteiger partial charge in [-0.15, -0.1) is 0 Å². The number of hydrogen-bond acceptors (Lipinski definition) is 3.